The Bertz CT molecular complexity index is 584. The molecule has 0 spiro atoms. The zero-order valence-corrected chi connectivity index (χ0v) is 15.3. The van der Waals surface area contributed by atoms with Crippen LogP contribution in [0.15, 0.2) is 52.8 Å². The maximum atomic E-state index is 5.87. The molecule has 2 aromatic rings. The van der Waals surface area contributed by atoms with Gasteiger partial charge < -0.3 is 15.4 Å². The molecule has 0 fully saturated rings. The lowest BCUT2D eigenvalue weighted by Gasteiger charge is -2.14. The van der Waals surface area contributed by atoms with Crippen LogP contribution in [0.25, 0.3) is 0 Å². The average Bonchev–Trinajstić information content (AvgIpc) is 3.14. The molecule has 1 atom stereocenters. The van der Waals surface area contributed by atoms with Gasteiger partial charge in [0.15, 0.2) is 5.96 Å². The van der Waals surface area contributed by atoms with E-state index in [2.05, 4.69) is 52.2 Å². The third kappa shape index (κ3) is 6.72. The number of guanidine groups is 1. The summed E-state index contributed by atoms with van der Waals surface area (Å²) >= 11 is 1.79. The summed E-state index contributed by atoms with van der Waals surface area (Å²) in [4.78, 5) is 5.63. The van der Waals surface area contributed by atoms with Gasteiger partial charge in [0.2, 0.25) is 0 Å². The third-order valence-corrected chi connectivity index (χ3v) is 4.65. The van der Waals surface area contributed by atoms with Crippen molar-refractivity contribution in [2.24, 2.45) is 4.99 Å². The van der Waals surface area contributed by atoms with Gasteiger partial charge in [0.05, 0.1) is 6.10 Å². The van der Waals surface area contributed by atoms with Gasteiger partial charge in [-0.25, -0.2) is 0 Å². The summed E-state index contributed by atoms with van der Waals surface area (Å²) in [5, 5.41) is 8.77. The van der Waals surface area contributed by atoms with Gasteiger partial charge in [0.1, 0.15) is 0 Å². The zero-order chi connectivity index (χ0) is 17.0. The Morgan fingerprint density at radius 1 is 1.12 bits per heavy atom. The predicted octanol–water partition coefficient (Wildman–Crippen LogP) is 3.62. The average molecular weight is 346 g/mol. The number of rotatable bonds is 9. The number of nitrogens with zero attached hydrogens (tertiary/aromatic N) is 1. The van der Waals surface area contributed by atoms with E-state index in [9.17, 15) is 0 Å². The van der Waals surface area contributed by atoms with Gasteiger partial charge in [-0.2, -0.15) is 0 Å². The number of ether oxygens (including phenoxy) is 1. The molecule has 24 heavy (non-hydrogen) atoms. The Hall–Kier alpha value is -1.85. The number of benzene rings is 1. The minimum atomic E-state index is 0.134. The molecule has 0 radical (unpaired) electrons. The summed E-state index contributed by atoms with van der Waals surface area (Å²) in [6.45, 7) is 4.56. The molecule has 0 aliphatic rings. The van der Waals surface area contributed by atoms with Gasteiger partial charge in [-0.05, 0) is 36.8 Å². The molecule has 0 aliphatic heterocycles. The highest BCUT2D eigenvalue weighted by atomic mass is 32.1. The van der Waals surface area contributed by atoms with Crippen LogP contribution in [0, 0.1) is 0 Å². The van der Waals surface area contributed by atoms with E-state index in [1.54, 1.807) is 18.4 Å². The Labute approximate surface area is 149 Å². The molecular formula is C19H27N3OS. The van der Waals surface area contributed by atoms with Gasteiger partial charge in [0, 0.05) is 31.6 Å². The highest BCUT2D eigenvalue weighted by Gasteiger charge is 2.04. The minimum absolute atomic E-state index is 0.134. The molecule has 5 heteroatoms. The third-order valence-electron chi connectivity index (χ3n) is 3.72. The van der Waals surface area contributed by atoms with Crippen molar-refractivity contribution in [3.63, 3.8) is 0 Å². The van der Waals surface area contributed by atoms with Crippen molar-refractivity contribution >= 4 is 17.3 Å². The fraction of sp³-hybridized carbons (Fsp3) is 0.421. The van der Waals surface area contributed by atoms with Crippen LogP contribution in [-0.2, 0) is 11.2 Å². The molecule has 130 valence electrons. The number of hydrogen-bond donors (Lipinski definition) is 2. The van der Waals surface area contributed by atoms with Crippen molar-refractivity contribution in [2.45, 2.75) is 25.9 Å². The van der Waals surface area contributed by atoms with Crippen molar-refractivity contribution in [1.29, 1.82) is 0 Å². The number of nitrogens with one attached hydrogen (secondary N) is 2. The second-order valence-corrected chi connectivity index (χ2v) is 6.56. The molecule has 4 nitrogen and oxygen atoms in total. The van der Waals surface area contributed by atoms with Crippen molar-refractivity contribution < 1.29 is 4.74 Å². The predicted molar refractivity (Wildman–Crippen MR) is 103 cm³/mol. The normalized spacial score (nSPS) is 12.8. The molecule has 0 saturated heterocycles. The first kappa shape index (κ1) is 18.5. The lowest BCUT2D eigenvalue weighted by Crippen LogP contribution is -2.38. The van der Waals surface area contributed by atoms with Gasteiger partial charge in [-0.1, -0.05) is 36.4 Å². The van der Waals surface area contributed by atoms with E-state index < -0.39 is 0 Å². The Balaban J connectivity index is 1.55. The Kier molecular flexibility index (Phi) is 8.35. The maximum absolute atomic E-state index is 5.87. The molecular weight excluding hydrogens is 318 g/mol. The van der Waals surface area contributed by atoms with Gasteiger partial charge in [-0.3, -0.25) is 4.99 Å². The lowest BCUT2D eigenvalue weighted by atomic mass is 10.1. The first-order valence-corrected chi connectivity index (χ1v) is 9.31. The second-order valence-electron chi connectivity index (χ2n) is 5.53. The SMILES string of the molecule is CN=C(NCCCOC(C)c1ccccc1)NCCc1cccs1. The summed E-state index contributed by atoms with van der Waals surface area (Å²) in [7, 11) is 1.80. The van der Waals surface area contributed by atoms with Crippen molar-refractivity contribution in [2.75, 3.05) is 26.7 Å². The smallest absolute Gasteiger partial charge is 0.190 e. The zero-order valence-electron chi connectivity index (χ0n) is 14.5. The molecule has 1 heterocycles. The first-order chi connectivity index (χ1) is 11.8. The van der Waals surface area contributed by atoms with Gasteiger partial charge in [0.25, 0.3) is 0 Å². The Morgan fingerprint density at radius 3 is 2.62 bits per heavy atom. The summed E-state index contributed by atoms with van der Waals surface area (Å²) in [5.74, 6) is 0.850. The number of thiophene rings is 1. The van der Waals surface area contributed by atoms with Crippen LogP contribution in [0.5, 0.6) is 0 Å². The van der Waals surface area contributed by atoms with Gasteiger partial charge >= 0.3 is 0 Å². The number of hydrogen-bond acceptors (Lipinski definition) is 3. The molecule has 0 saturated carbocycles. The van der Waals surface area contributed by atoms with E-state index in [1.807, 2.05) is 18.2 Å². The fourth-order valence-electron chi connectivity index (χ4n) is 2.34. The van der Waals surface area contributed by atoms with Crippen LogP contribution in [0.2, 0.25) is 0 Å². The first-order valence-electron chi connectivity index (χ1n) is 8.43. The molecule has 0 amide bonds. The molecule has 0 bridgehead atoms. The van der Waals surface area contributed by atoms with Crippen LogP contribution >= 0.6 is 11.3 Å². The monoisotopic (exact) mass is 345 g/mol. The topological polar surface area (TPSA) is 45.7 Å². The quantitative estimate of drug-likeness (QED) is 0.414. The van der Waals surface area contributed by atoms with Crippen LogP contribution in [0.1, 0.15) is 29.9 Å². The summed E-state index contributed by atoms with van der Waals surface area (Å²) in [6, 6.07) is 14.6. The second kappa shape index (κ2) is 10.8. The van der Waals surface area contributed by atoms with Crippen LogP contribution in [0.3, 0.4) is 0 Å². The van der Waals surface area contributed by atoms with E-state index in [0.717, 1.165) is 38.5 Å². The van der Waals surface area contributed by atoms with E-state index in [4.69, 9.17) is 4.74 Å². The van der Waals surface area contributed by atoms with E-state index in [0.29, 0.717) is 0 Å². The number of aliphatic imine (C=N–C) groups is 1. The van der Waals surface area contributed by atoms with E-state index in [1.165, 1.54) is 10.4 Å². The lowest BCUT2D eigenvalue weighted by molar-refractivity contribution is 0.0646. The molecule has 1 aromatic carbocycles. The summed E-state index contributed by atoms with van der Waals surface area (Å²) < 4.78 is 5.87. The molecule has 0 aliphatic carbocycles. The van der Waals surface area contributed by atoms with Crippen molar-refractivity contribution in [3.8, 4) is 0 Å². The molecule has 2 rings (SSSR count). The van der Waals surface area contributed by atoms with Gasteiger partial charge in [-0.15, -0.1) is 11.3 Å². The van der Waals surface area contributed by atoms with E-state index in [-0.39, 0.29) is 6.10 Å². The van der Waals surface area contributed by atoms with Crippen molar-refractivity contribution in [3.05, 3.63) is 58.3 Å². The molecule has 1 aromatic heterocycles. The van der Waals surface area contributed by atoms with Crippen LogP contribution < -0.4 is 10.6 Å². The maximum Gasteiger partial charge on any atom is 0.190 e. The van der Waals surface area contributed by atoms with Crippen LogP contribution in [-0.4, -0.2) is 32.7 Å². The summed E-state index contributed by atoms with van der Waals surface area (Å²) in [6.07, 6.45) is 2.10. The van der Waals surface area contributed by atoms with Crippen LogP contribution in [0.4, 0.5) is 0 Å². The highest BCUT2D eigenvalue weighted by Crippen LogP contribution is 2.15. The highest BCUT2D eigenvalue weighted by molar-refractivity contribution is 7.09. The molecule has 1 unspecified atom stereocenters. The Morgan fingerprint density at radius 2 is 1.92 bits per heavy atom. The molecule has 2 N–H and O–H groups in total. The minimum Gasteiger partial charge on any atom is -0.374 e. The van der Waals surface area contributed by atoms with Crippen molar-refractivity contribution in [1.82, 2.24) is 10.6 Å². The van der Waals surface area contributed by atoms with E-state index >= 15 is 0 Å². The standard InChI is InChI=1S/C19H27N3OS/c1-16(17-8-4-3-5-9-17)23-14-7-12-21-19(20-2)22-13-11-18-10-6-15-24-18/h3-6,8-10,15-16H,7,11-14H2,1-2H3,(H2,20,21,22). The fourth-order valence-corrected chi connectivity index (χ4v) is 3.05. The summed E-state index contributed by atoms with van der Waals surface area (Å²) in [5.41, 5.74) is 1.22. The largest absolute Gasteiger partial charge is 0.374 e.